The largest absolute Gasteiger partial charge is 0.465 e. The van der Waals surface area contributed by atoms with E-state index >= 15 is 0 Å². The van der Waals surface area contributed by atoms with Crippen molar-refractivity contribution in [1.82, 2.24) is 4.98 Å². The summed E-state index contributed by atoms with van der Waals surface area (Å²) in [4.78, 5) is 116. The summed E-state index contributed by atoms with van der Waals surface area (Å²) in [6.45, 7) is 7.68. The van der Waals surface area contributed by atoms with Crippen LogP contribution in [-0.2, 0) is 66.6 Å². The molecule has 3 aromatic rings. The molecule has 13 atom stereocenters. The molecular weight excluding hydrogens is 879 g/mol. The van der Waals surface area contributed by atoms with Crippen molar-refractivity contribution in [3.8, 4) is 0 Å². The van der Waals surface area contributed by atoms with E-state index in [0.717, 1.165) is 34.6 Å². The van der Waals surface area contributed by atoms with Crippen LogP contribution in [0.3, 0.4) is 0 Å². The van der Waals surface area contributed by atoms with Gasteiger partial charge in [0, 0.05) is 39.8 Å². The molecule has 2 saturated carbocycles. The molecular formula is C48H51NO18. The van der Waals surface area contributed by atoms with Gasteiger partial charge in [0.25, 0.3) is 0 Å². The standard InChI is InChI=1S/C48H51NO18/c1-24-25(2)41(54)64-38-36(62-28(5)52)40(66-43(56)31-18-13-10-14-19-31)47(23-59-26(3)50)39(65-42(55)30-16-11-9-12-17-30)35(61-27(4)51)33-37(63-29(6)53)48(47,46(38,8)58)67-45(33,7)22-60-44(57)32-20-15-21-49-34(24)32/h9-21,24-25,33,35-40,58H,22-23H2,1-8H3/t24?,25?,33-,35-,36+,37-,38+,39-,40+,45+,46+,47-,48+/m1/s1. The number of hydrogen-bond acceptors (Lipinski definition) is 19. The molecule has 356 valence electrons. The Morgan fingerprint density at radius 2 is 1.22 bits per heavy atom. The summed E-state index contributed by atoms with van der Waals surface area (Å²) in [5.41, 5.74) is -10.7. The first-order chi connectivity index (χ1) is 31.6. The summed E-state index contributed by atoms with van der Waals surface area (Å²) in [6.07, 6.45) is -11.1. The second-order valence-electron chi connectivity index (χ2n) is 17.7. The van der Waals surface area contributed by atoms with Gasteiger partial charge in [0.15, 0.2) is 30.0 Å². The van der Waals surface area contributed by atoms with Crippen molar-refractivity contribution >= 4 is 47.8 Å². The van der Waals surface area contributed by atoms with E-state index in [9.17, 15) is 43.5 Å². The number of fused-ring (bicyclic) bond motifs is 5. The normalized spacial score (nSPS) is 34.1. The van der Waals surface area contributed by atoms with E-state index in [4.69, 9.17) is 42.6 Å². The third kappa shape index (κ3) is 8.17. The number of rotatable bonds is 9. The molecule has 1 N–H and O–H groups in total. The van der Waals surface area contributed by atoms with E-state index in [-0.39, 0.29) is 22.4 Å². The smallest absolute Gasteiger partial charge is 0.340 e. The summed E-state index contributed by atoms with van der Waals surface area (Å²) >= 11 is 0. The molecule has 19 heteroatoms. The molecule has 3 fully saturated rings. The van der Waals surface area contributed by atoms with Gasteiger partial charge in [0.2, 0.25) is 0 Å². The molecule has 2 aliphatic heterocycles. The summed E-state index contributed by atoms with van der Waals surface area (Å²) < 4.78 is 56.6. The number of aromatic nitrogens is 1. The van der Waals surface area contributed by atoms with E-state index in [1.165, 1.54) is 80.7 Å². The minimum atomic E-state index is -2.90. The number of pyridine rings is 1. The summed E-state index contributed by atoms with van der Waals surface area (Å²) in [7, 11) is 0. The Hall–Kier alpha value is -6.73. The van der Waals surface area contributed by atoms with Gasteiger partial charge >= 0.3 is 47.8 Å². The number of carbonyl (C=O) groups excluding carboxylic acids is 8. The Labute approximate surface area is 384 Å². The highest BCUT2D eigenvalue weighted by atomic mass is 16.7. The minimum Gasteiger partial charge on any atom is -0.465 e. The van der Waals surface area contributed by atoms with Crippen LogP contribution in [0.4, 0.5) is 0 Å². The monoisotopic (exact) mass is 929 g/mol. The van der Waals surface area contributed by atoms with Crippen molar-refractivity contribution in [2.45, 2.75) is 115 Å². The maximum absolute atomic E-state index is 14.7. The van der Waals surface area contributed by atoms with Gasteiger partial charge in [-0.25, -0.2) is 14.4 Å². The number of aliphatic hydroxyl groups is 1. The predicted molar refractivity (Wildman–Crippen MR) is 225 cm³/mol. The molecule has 1 aromatic heterocycles. The molecule has 4 aliphatic rings. The van der Waals surface area contributed by atoms with Gasteiger partial charge < -0.3 is 47.7 Å². The molecule has 7 rings (SSSR count). The summed E-state index contributed by atoms with van der Waals surface area (Å²) in [5, 5.41) is 13.8. The van der Waals surface area contributed by atoms with Gasteiger partial charge in [-0.1, -0.05) is 50.2 Å². The Morgan fingerprint density at radius 3 is 1.76 bits per heavy atom. The average Bonchev–Trinajstić information content (AvgIpc) is 3.50. The summed E-state index contributed by atoms with van der Waals surface area (Å²) in [5.74, 6) is -12.1. The molecule has 19 nitrogen and oxygen atoms in total. The third-order valence-corrected chi connectivity index (χ3v) is 13.3. The van der Waals surface area contributed by atoms with Gasteiger partial charge in [-0.2, -0.15) is 0 Å². The number of nitrogens with zero attached hydrogens (tertiary/aromatic N) is 1. The van der Waals surface area contributed by atoms with Crippen molar-refractivity contribution in [3.63, 3.8) is 0 Å². The SMILES string of the molecule is CC(=O)OC[C@]12[C@H](OC(=O)c3ccccc3)[C@H](OC(C)=O)[C@@H]3[C@@H](OC(C)=O)[C@@]14O[C@@]3(C)COC(=O)c1cccnc1C(C)C(C)C(=O)O[C@@H]([C@H](OC(C)=O)[C@@H]2OC(=O)c1ccccc1)[C@]4(C)O. The van der Waals surface area contributed by atoms with E-state index in [1.54, 1.807) is 19.1 Å². The zero-order chi connectivity index (χ0) is 48.8. The topological polar surface area (TPSA) is 253 Å². The fraction of sp³-hybridized carbons (Fsp3) is 0.479. The number of ether oxygens (including phenoxy) is 9. The van der Waals surface area contributed by atoms with Crippen LogP contribution in [0.5, 0.6) is 0 Å². The second kappa shape index (κ2) is 18.2. The Bertz CT molecular complexity index is 2460. The van der Waals surface area contributed by atoms with Crippen LogP contribution in [0.1, 0.15) is 98.1 Å². The van der Waals surface area contributed by atoms with E-state index < -0.39 is 138 Å². The lowest BCUT2D eigenvalue weighted by Crippen LogP contribution is -2.89. The molecule has 2 unspecified atom stereocenters. The van der Waals surface area contributed by atoms with Crippen molar-refractivity contribution in [3.05, 3.63) is 101 Å². The Kier molecular flexibility index (Phi) is 13.1. The maximum atomic E-state index is 14.7. The minimum absolute atomic E-state index is 0.0562. The molecule has 4 bridgehead atoms. The zero-order valence-corrected chi connectivity index (χ0v) is 38.0. The second-order valence-corrected chi connectivity index (χ2v) is 17.7. The lowest BCUT2D eigenvalue weighted by atomic mass is 9.45. The fourth-order valence-corrected chi connectivity index (χ4v) is 10.4. The lowest BCUT2D eigenvalue weighted by molar-refractivity contribution is -0.385. The van der Waals surface area contributed by atoms with Crippen LogP contribution in [0.25, 0.3) is 0 Å². The molecule has 2 aliphatic carbocycles. The van der Waals surface area contributed by atoms with Crippen LogP contribution in [-0.4, -0.2) is 124 Å². The first-order valence-electron chi connectivity index (χ1n) is 21.5. The van der Waals surface area contributed by atoms with Crippen molar-refractivity contribution in [1.29, 1.82) is 0 Å². The molecule has 0 radical (unpaired) electrons. The van der Waals surface area contributed by atoms with Gasteiger partial charge in [-0.15, -0.1) is 0 Å². The zero-order valence-electron chi connectivity index (χ0n) is 38.0. The molecule has 1 spiro atoms. The molecule has 2 aromatic carbocycles. The molecule has 0 amide bonds. The van der Waals surface area contributed by atoms with Gasteiger partial charge in [0.1, 0.15) is 42.0 Å². The Morgan fingerprint density at radius 1 is 0.687 bits per heavy atom. The average molecular weight is 930 g/mol. The number of benzene rings is 2. The first kappa shape index (κ1) is 48.2. The van der Waals surface area contributed by atoms with E-state index in [0.29, 0.717) is 0 Å². The summed E-state index contributed by atoms with van der Waals surface area (Å²) in [6, 6.07) is 17.8. The molecule has 67 heavy (non-hydrogen) atoms. The fourth-order valence-electron chi connectivity index (χ4n) is 10.4. The highest BCUT2D eigenvalue weighted by molar-refractivity contribution is 5.92. The van der Waals surface area contributed by atoms with Gasteiger partial charge in [0.05, 0.1) is 34.2 Å². The number of esters is 8. The molecule has 1 saturated heterocycles. The first-order valence-corrected chi connectivity index (χ1v) is 21.5. The van der Waals surface area contributed by atoms with Crippen LogP contribution in [0.2, 0.25) is 0 Å². The van der Waals surface area contributed by atoms with Crippen LogP contribution < -0.4 is 0 Å². The van der Waals surface area contributed by atoms with Crippen molar-refractivity contribution in [2.75, 3.05) is 13.2 Å². The highest BCUT2D eigenvalue weighted by Gasteiger charge is 2.92. The quantitative estimate of drug-likeness (QED) is 0.238. The molecule has 3 heterocycles. The van der Waals surface area contributed by atoms with Crippen LogP contribution >= 0.6 is 0 Å². The van der Waals surface area contributed by atoms with Crippen LogP contribution in [0, 0.1) is 17.3 Å². The number of hydrogen-bond donors (Lipinski definition) is 1. The van der Waals surface area contributed by atoms with Gasteiger partial charge in [-0.05, 0) is 50.2 Å². The van der Waals surface area contributed by atoms with E-state index in [2.05, 4.69) is 4.98 Å². The van der Waals surface area contributed by atoms with Crippen LogP contribution in [0.15, 0.2) is 79.0 Å². The number of cyclic esters (lactones) is 1. The van der Waals surface area contributed by atoms with Crippen molar-refractivity contribution in [2.24, 2.45) is 17.3 Å². The number of carbonyl (C=O) groups is 8. The third-order valence-electron chi connectivity index (χ3n) is 13.3. The van der Waals surface area contributed by atoms with E-state index in [1.807, 2.05) is 0 Å². The van der Waals surface area contributed by atoms with Crippen molar-refractivity contribution < 1.29 is 86.1 Å². The highest BCUT2D eigenvalue weighted by Crippen LogP contribution is 2.70. The maximum Gasteiger partial charge on any atom is 0.340 e. The Balaban J connectivity index is 1.65. The van der Waals surface area contributed by atoms with Gasteiger partial charge in [-0.3, -0.25) is 29.0 Å². The predicted octanol–water partition coefficient (Wildman–Crippen LogP) is 3.62. The lowest BCUT2D eigenvalue weighted by Gasteiger charge is -2.67.